The Morgan fingerprint density at radius 1 is 1.25 bits per heavy atom. The van der Waals surface area contributed by atoms with Crippen molar-refractivity contribution < 1.29 is 32.3 Å². The molecule has 1 atom stereocenters. The Kier molecular flexibility index (Phi) is 9.36. The zero-order chi connectivity index (χ0) is 23.7. The first-order valence-corrected chi connectivity index (χ1v) is 11.6. The van der Waals surface area contributed by atoms with Crippen LogP contribution in [0.2, 0.25) is 0 Å². The van der Waals surface area contributed by atoms with E-state index in [1.54, 1.807) is 13.8 Å². The smallest absolute Gasteiger partial charge is 0.329 e. The number of ether oxygens (including phenoxy) is 2. The van der Waals surface area contributed by atoms with Crippen LogP contribution in [0.1, 0.15) is 24.2 Å². The highest BCUT2D eigenvalue weighted by Gasteiger charge is 2.29. The first kappa shape index (κ1) is 25.5. The summed E-state index contributed by atoms with van der Waals surface area (Å²) in [6.07, 6.45) is 1.49. The van der Waals surface area contributed by atoms with E-state index in [4.69, 9.17) is 9.47 Å². The monoisotopic (exact) mass is 467 g/mol. The van der Waals surface area contributed by atoms with Gasteiger partial charge in [-0.05, 0) is 24.1 Å². The summed E-state index contributed by atoms with van der Waals surface area (Å²) in [6, 6.07) is 4.59. The van der Waals surface area contributed by atoms with Gasteiger partial charge in [-0.3, -0.25) is 9.59 Å². The number of hydrogen-bond acceptors (Lipinski definition) is 7. The van der Waals surface area contributed by atoms with Crippen LogP contribution in [0.4, 0.5) is 0 Å². The summed E-state index contributed by atoms with van der Waals surface area (Å²) in [4.78, 5) is 36.8. The number of amides is 2. The van der Waals surface area contributed by atoms with Crippen LogP contribution in [-0.2, 0) is 29.1 Å². The molecule has 0 radical (unpaired) electrons. The van der Waals surface area contributed by atoms with E-state index in [2.05, 4.69) is 17.2 Å². The van der Waals surface area contributed by atoms with Crippen molar-refractivity contribution in [2.24, 2.45) is 5.92 Å². The summed E-state index contributed by atoms with van der Waals surface area (Å²) in [7, 11) is -3.77. The lowest BCUT2D eigenvalue weighted by Crippen LogP contribution is -2.46. The van der Waals surface area contributed by atoms with Crippen LogP contribution in [0, 0.1) is 5.92 Å². The van der Waals surface area contributed by atoms with E-state index in [-0.39, 0.29) is 36.0 Å². The van der Waals surface area contributed by atoms with Gasteiger partial charge < -0.3 is 20.1 Å². The summed E-state index contributed by atoms with van der Waals surface area (Å²) in [5.41, 5.74) is 0.0847. The number of rotatable bonds is 10. The Balaban J connectivity index is 2.08. The third-order valence-electron chi connectivity index (χ3n) is 4.70. The molecule has 10 nitrogen and oxygen atoms in total. The summed E-state index contributed by atoms with van der Waals surface area (Å²) in [5, 5.41) is 5.05. The Morgan fingerprint density at radius 2 is 1.94 bits per heavy atom. The van der Waals surface area contributed by atoms with E-state index in [0.717, 1.165) is 0 Å². The number of carbonyl (C=O) groups excluding carboxylic acids is 3. The molecule has 2 amide bonds. The van der Waals surface area contributed by atoms with Crippen molar-refractivity contribution in [2.75, 3.05) is 39.5 Å². The number of nitrogens with one attached hydrogen (secondary N) is 2. The Morgan fingerprint density at radius 3 is 2.56 bits per heavy atom. The number of hydrogen-bond donors (Lipinski definition) is 2. The topological polar surface area (TPSA) is 131 Å². The maximum atomic E-state index is 12.8. The van der Waals surface area contributed by atoms with Gasteiger partial charge in [0.25, 0.3) is 11.8 Å². The number of esters is 1. The molecule has 1 heterocycles. The third kappa shape index (κ3) is 6.87. The second-order valence-electron chi connectivity index (χ2n) is 7.44. The van der Waals surface area contributed by atoms with Gasteiger partial charge in [0, 0.05) is 25.2 Å². The molecule has 2 rings (SSSR count). The van der Waals surface area contributed by atoms with Crippen molar-refractivity contribution in [2.45, 2.75) is 24.8 Å². The molecule has 0 unspecified atom stereocenters. The molecule has 1 aliphatic rings. The molecule has 1 saturated heterocycles. The fourth-order valence-electron chi connectivity index (χ4n) is 2.92. The van der Waals surface area contributed by atoms with Crippen molar-refractivity contribution in [3.8, 4) is 0 Å². The molecule has 0 aromatic heterocycles. The average Bonchev–Trinajstić information content (AvgIpc) is 2.79. The lowest BCUT2D eigenvalue weighted by Gasteiger charge is -2.26. The highest BCUT2D eigenvalue weighted by molar-refractivity contribution is 7.89. The van der Waals surface area contributed by atoms with Gasteiger partial charge in [0.15, 0.2) is 6.61 Å². The van der Waals surface area contributed by atoms with E-state index in [1.807, 2.05) is 0 Å². The van der Waals surface area contributed by atoms with E-state index < -0.39 is 40.5 Å². The van der Waals surface area contributed by atoms with Gasteiger partial charge >= 0.3 is 5.97 Å². The number of carbonyl (C=O) groups is 3. The maximum Gasteiger partial charge on any atom is 0.329 e. The minimum atomic E-state index is -3.77. The van der Waals surface area contributed by atoms with Gasteiger partial charge in [-0.2, -0.15) is 4.31 Å². The molecule has 1 aromatic rings. The van der Waals surface area contributed by atoms with Crippen LogP contribution in [0.25, 0.3) is 0 Å². The fourth-order valence-corrected chi connectivity index (χ4v) is 4.37. The van der Waals surface area contributed by atoms with Crippen molar-refractivity contribution in [1.82, 2.24) is 14.9 Å². The lowest BCUT2D eigenvalue weighted by molar-refractivity contribution is -0.151. The Bertz CT molecular complexity index is 940. The zero-order valence-corrected chi connectivity index (χ0v) is 19.0. The molecule has 11 heteroatoms. The van der Waals surface area contributed by atoms with Crippen LogP contribution < -0.4 is 10.6 Å². The lowest BCUT2D eigenvalue weighted by atomic mass is 10.0. The number of benzene rings is 1. The van der Waals surface area contributed by atoms with Gasteiger partial charge in [0.2, 0.25) is 10.0 Å². The SMILES string of the molecule is C=CCNC(=O)COC(=O)[C@@H](NC(=O)c1cccc(S(=O)(=O)N2CCOCC2)c1)C(C)C. The first-order chi connectivity index (χ1) is 15.2. The van der Waals surface area contributed by atoms with E-state index in [1.165, 1.54) is 34.6 Å². The van der Waals surface area contributed by atoms with E-state index in [9.17, 15) is 22.8 Å². The molecule has 176 valence electrons. The maximum absolute atomic E-state index is 12.8. The van der Waals surface area contributed by atoms with E-state index in [0.29, 0.717) is 13.2 Å². The molecule has 1 aliphatic heterocycles. The predicted molar refractivity (Wildman–Crippen MR) is 116 cm³/mol. The van der Waals surface area contributed by atoms with Crippen molar-refractivity contribution in [3.05, 3.63) is 42.5 Å². The van der Waals surface area contributed by atoms with Gasteiger partial charge in [-0.25, -0.2) is 13.2 Å². The first-order valence-electron chi connectivity index (χ1n) is 10.2. The summed E-state index contributed by atoms with van der Waals surface area (Å²) < 4.78 is 37.2. The third-order valence-corrected chi connectivity index (χ3v) is 6.59. The standard InChI is InChI=1S/C21H29N3O7S/c1-4-8-22-18(25)14-31-21(27)19(15(2)3)23-20(26)16-6-5-7-17(13-16)32(28,29)24-9-11-30-12-10-24/h4-7,13,15,19H,1,8-12,14H2,2-3H3,(H,22,25)(H,23,26)/t19-/m0/s1. The largest absolute Gasteiger partial charge is 0.454 e. The second-order valence-corrected chi connectivity index (χ2v) is 9.38. The van der Waals surface area contributed by atoms with Crippen LogP contribution in [0.5, 0.6) is 0 Å². The summed E-state index contributed by atoms with van der Waals surface area (Å²) >= 11 is 0. The van der Waals surface area contributed by atoms with Gasteiger partial charge in [-0.1, -0.05) is 26.0 Å². The number of morpholine rings is 1. The van der Waals surface area contributed by atoms with Crippen molar-refractivity contribution in [1.29, 1.82) is 0 Å². The fraction of sp³-hybridized carbons (Fsp3) is 0.476. The van der Waals surface area contributed by atoms with Gasteiger partial charge in [0.1, 0.15) is 6.04 Å². The van der Waals surface area contributed by atoms with Gasteiger partial charge in [0.05, 0.1) is 18.1 Å². The Hall–Kier alpha value is -2.76. The molecule has 0 spiro atoms. The van der Waals surface area contributed by atoms with Gasteiger partial charge in [-0.15, -0.1) is 6.58 Å². The summed E-state index contributed by atoms with van der Waals surface area (Å²) in [5.74, 6) is -2.22. The number of sulfonamides is 1. The van der Waals surface area contributed by atoms with Crippen LogP contribution in [-0.4, -0.2) is 76.0 Å². The highest BCUT2D eigenvalue weighted by Crippen LogP contribution is 2.18. The number of nitrogens with zero attached hydrogens (tertiary/aromatic N) is 1. The molecule has 0 saturated carbocycles. The quantitative estimate of drug-likeness (QED) is 0.374. The molecule has 0 aliphatic carbocycles. The van der Waals surface area contributed by atoms with E-state index >= 15 is 0 Å². The molecular weight excluding hydrogens is 438 g/mol. The molecule has 0 bridgehead atoms. The average molecular weight is 468 g/mol. The minimum Gasteiger partial charge on any atom is -0.454 e. The van der Waals surface area contributed by atoms with Crippen molar-refractivity contribution >= 4 is 27.8 Å². The summed E-state index contributed by atoms with van der Waals surface area (Å²) in [6.45, 7) is 7.74. The molecule has 1 aromatic carbocycles. The molecule has 1 fully saturated rings. The highest BCUT2D eigenvalue weighted by atomic mass is 32.2. The predicted octanol–water partition coefficient (Wildman–Crippen LogP) is 0.307. The zero-order valence-electron chi connectivity index (χ0n) is 18.2. The Labute approximate surface area is 188 Å². The van der Waals surface area contributed by atoms with Crippen LogP contribution in [0.15, 0.2) is 41.8 Å². The second kappa shape index (κ2) is 11.7. The van der Waals surface area contributed by atoms with Crippen molar-refractivity contribution in [3.63, 3.8) is 0 Å². The molecule has 32 heavy (non-hydrogen) atoms. The van der Waals surface area contributed by atoms with Crippen LogP contribution >= 0.6 is 0 Å². The normalized spacial score (nSPS) is 15.6. The molecule has 2 N–H and O–H groups in total. The minimum absolute atomic E-state index is 0.0189. The molecular formula is C21H29N3O7S. The van der Waals surface area contributed by atoms with Crippen LogP contribution in [0.3, 0.4) is 0 Å².